The van der Waals surface area contributed by atoms with Crippen molar-refractivity contribution in [3.8, 4) is 0 Å². The Kier molecular flexibility index (Phi) is 4.15. The van der Waals surface area contributed by atoms with Crippen molar-refractivity contribution in [2.75, 3.05) is 6.61 Å². The first-order valence-electron chi connectivity index (χ1n) is 9.02. The van der Waals surface area contributed by atoms with Crippen LogP contribution in [0, 0.1) is 12.3 Å². The summed E-state index contributed by atoms with van der Waals surface area (Å²) >= 11 is 0. The molecule has 2 bridgehead atoms. The molecule has 2 aromatic rings. The molecule has 0 aliphatic carbocycles. The maximum absolute atomic E-state index is 10.3. The lowest BCUT2D eigenvalue weighted by molar-refractivity contribution is 0.0748. The van der Waals surface area contributed by atoms with Crippen molar-refractivity contribution in [2.24, 2.45) is 5.41 Å². The van der Waals surface area contributed by atoms with Crippen molar-refractivity contribution in [1.29, 1.82) is 0 Å². The van der Waals surface area contributed by atoms with Crippen LogP contribution in [-0.4, -0.2) is 33.7 Å². The van der Waals surface area contributed by atoms with Crippen LogP contribution in [0.3, 0.4) is 0 Å². The lowest BCUT2D eigenvalue weighted by Gasteiger charge is -2.36. The minimum atomic E-state index is 0.00890. The van der Waals surface area contributed by atoms with Crippen LogP contribution in [0.25, 0.3) is 0 Å². The van der Waals surface area contributed by atoms with Gasteiger partial charge >= 0.3 is 0 Å². The van der Waals surface area contributed by atoms with Gasteiger partial charge in [0.05, 0.1) is 12.3 Å². The van der Waals surface area contributed by atoms with Gasteiger partial charge in [0.2, 0.25) is 0 Å². The SMILES string of the molecule is Cc1ccc(CN2[C@H]3CC[C@@H]2[C@@](CO)(Cc2ccccc2)C3)nc1. The summed E-state index contributed by atoms with van der Waals surface area (Å²) in [5.41, 5.74) is 3.70. The monoisotopic (exact) mass is 322 g/mol. The highest BCUT2D eigenvalue weighted by atomic mass is 16.3. The number of fused-ring (bicyclic) bond motifs is 2. The second kappa shape index (κ2) is 6.30. The van der Waals surface area contributed by atoms with Crippen LogP contribution >= 0.6 is 0 Å². The van der Waals surface area contributed by atoms with E-state index in [1.165, 1.54) is 24.0 Å². The molecule has 0 spiro atoms. The summed E-state index contributed by atoms with van der Waals surface area (Å²) in [7, 11) is 0. The van der Waals surface area contributed by atoms with Crippen molar-refractivity contribution in [3.05, 3.63) is 65.5 Å². The van der Waals surface area contributed by atoms with Gasteiger partial charge in [0.15, 0.2) is 0 Å². The number of pyridine rings is 1. The molecule has 0 radical (unpaired) electrons. The van der Waals surface area contributed by atoms with Gasteiger partial charge in [-0.3, -0.25) is 9.88 Å². The van der Waals surface area contributed by atoms with Crippen LogP contribution in [0.4, 0.5) is 0 Å². The summed E-state index contributed by atoms with van der Waals surface area (Å²) in [5.74, 6) is 0. The maximum atomic E-state index is 10.3. The third kappa shape index (κ3) is 2.76. The van der Waals surface area contributed by atoms with Crippen molar-refractivity contribution in [3.63, 3.8) is 0 Å². The average Bonchev–Trinajstić information content (AvgIpc) is 3.13. The van der Waals surface area contributed by atoms with Gasteiger partial charge in [-0.25, -0.2) is 0 Å². The van der Waals surface area contributed by atoms with Crippen LogP contribution in [0.15, 0.2) is 48.7 Å². The van der Waals surface area contributed by atoms with Gasteiger partial charge in [-0.2, -0.15) is 0 Å². The summed E-state index contributed by atoms with van der Waals surface area (Å²) < 4.78 is 0. The van der Waals surface area contributed by atoms with Crippen molar-refractivity contribution >= 4 is 0 Å². The van der Waals surface area contributed by atoms with E-state index in [0.717, 1.165) is 25.1 Å². The fourth-order valence-corrected chi connectivity index (χ4v) is 4.86. The molecular formula is C21H26N2O. The van der Waals surface area contributed by atoms with E-state index in [1.54, 1.807) is 0 Å². The van der Waals surface area contributed by atoms with Crippen molar-refractivity contribution < 1.29 is 5.11 Å². The second-order valence-corrected chi connectivity index (χ2v) is 7.63. The maximum Gasteiger partial charge on any atom is 0.0544 e. The van der Waals surface area contributed by atoms with E-state index in [9.17, 15) is 5.11 Å². The van der Waals surface area contributed by atoms with Gasteiger partial charge in [-0.05, 0) is 49.8 Å². The Bertz CT molecular complexity index is 685. The Morgan fingerprint density at radius 2 is 2.00 bits per heavy atom. The zero-order valence-electron chi connectivity index (χ0n) is 14.4. The highest BCUT2D eigenvalue weighted by Gasteiger charge is 2.55. The third-order valence-electron chi connectivity index (χ3n) is 6.02. The van der Waals surface area contributed by atoms with E-state index >= 15 is 0 Å². The minimum Gasteiger partial charge on any atom is -0.396 e. The molecule has 3 nitrogen and oxygen atoms in total. The van der Waals surface area contributed by atoms with Crippen molar-refractivity contribution in [1.82, 2.24) is 9.88 Å². The third-order valence-corrected chi connectivity index (χ3v) is 6.02. The minimum absolute atomic E-state index is 0.00890. The molecule has 2 saturated heterocycles. The molecule has 126 valence electrons. The molecule has 3 heterocycles. The fourth-order valence-electron chi connectivity index (χ4n) is 4.86. The Balaban J connectivity index is 1.55. The number of aliphatic hydroxyl groups is 1. The zero-order chi connectivity index (χ0) is 16.6. The van der Waals surface area contributed by atoms with Crippen LogP contribution in [-0.2, 0) is 13.0 Å². The zero-order valence-corrected chi connectivity index (χ0v) is 14.4. The van der Waals surface area contributed by atoms with E-state index in [2.05, 4.69) is 59.3 Å². The number of benzene rings is 1. The molecule has 4 rings (SSSR count). The standard InChI is InChI=1S/C21H26N2O/c1-16-7-8-18(22-13-16)14-23-19-9-10-20(23)21(12-19,15-24)11-17-5-3-2-4-6-17/h2-8,13,19-20,24H,9-12,14-15H2,1H3/t19-,20+,21-/m0/s1. The van der Waals surface area contributed by atoms with E-state index in [1.807, 2.05) is 6.20 Å². The molecule has 24 heavy (non-hydrogen) atoms. The lowest BCUT2D eigenvalue weighted by atomic mass is 9.70. The van der Waals surface area contributed by atoms with Gasteiger partial charge in [-0.15, -0.1) is 0 Å². The molecular weight excluding hydrogens is 296 g/mol. The summed E-state index contributed by atoms with van der Waals surface area (Å²) in [6.07, 6.45) is 6.49. The van der Waals surface area contributed by atoms with Gasteiger partial charge in [0.1, 0.15) is 0 Å². The molecule has 1 aromatic carbocycles. The smallest absolute Gasteiger partial charge is 0.0544 e. The predicted octanol–water partition coefficient (Wildman–Crippen LogP) is 3.35. The molecule has 0 unspecified atom stereocenters. The number of rotatable bonds is 5. The Morgan fingerprint density at radius 1 is 1.17 bits per heavy atom. The Labute approximate surface area is 144 Å². The Hall–Kier alpha value is -1.71. The van der Waals surface area contributed by atoms with E-state index in [4.69, 9.17) is 0 Å². The number of hydrogen-bond donors (Lipinski definition) is 1. The molecule has 2 fully saturated rings. The first kappa shape index (κ1) is 15.8. The van der Waals surface area contributed by atoms with E-state index in [-0.39, 0.29) is 12.0 Å². The van der Waals surface area contributed by atoms with E-state index < -0.39 is 0 Å². The first-order chi connectivity index (χ1) is 11.7. The normalized spacial score (nSPS) is 29.2. The number of nitrogens with zero attached hydrogens (tertiary/aromatic N) is 2. The van der Waals surface area contributed by atoms with E-state index in [0.29, 0.717) is 12.1 Å². The molecule has 1 aromatic heterocycles. The van der Waals surface area contributed by atoms with Gasteiger partial charge in [0, 0.05) is 30.2 Å². The highest BCUT2D eigenvalue weighted by Crippen LogP contribution is 2.51. The summed E-state index contributed by atoms with van der Waals surface area (Å²) in [6, 6.07) is 16.0. The molecule has 2 aliphatic rings. The molecule has 3 atom stereocenters. The van der Waals surface area contributed by atoms with Gasteiger partial charge in [0.25, 0.3) is 0 Å². The van der Waals surface area contributed by atoms with Crippen molar-refractivity contribution in [2.45, 2.75) is 51.2 Å². The second-order valence-electron chi connectivity index (χ2n) is 7.63. The number of aryl methyl sites for hydroxylation is 1. The average molecular weight is 322 g/mol. The number of hydrogen-bond acceptors (Lipinski definition) is 3. The molecule has 2 aliphatic heterocycles. The summed E-state index contributed by atoms with van der Waals surface area (Å²) in [5, 5.41) is 10.3. The predicted molar refractivity (Wildman–Crippen MR) is 95.6 cm³/mol. The van der Waals surface area contributed by atoms with Crippen LogP contribution in [0.1, 0.15) is 36.1 Å². The molecule has 3 heteroatoms. The topological polar surface area (TPSA) is 36.4 Å². The van der Waals surface area contributed by atoms with Crippen LogP contribution < -0.4 is 0 Å². The largest absolute Gasteiger partial charge is 0.396 e. The summed E-state index contributed by atoms with van der Waals surface area (Å²) in [4.78, 5) is 7.20. The summed E-state index contributed by atoms with van der Waals surface area (Å²) in [6.45, 7) is 3.26. The van der Waals surface area contributed by atoms with Gasteiger partial charge in [-0.1, -0.05) is 36.4 Å². The number of aliphatic hydroxyl groups excluding tert-OH is 1. The molecule has 0 saturated carbocycles. The first-order valence-corrected chi connectivity index (χ1v) is 9.02. The molecule has 1 N–H and O–H groups in total. The quantitative estimate of drug-likeness (QED) is 0.917. The van der Waals surface area contributed by atoms with Gasteiger partial charge < -0.3 is 5.11 Å². The fraction of sp³-hybridized carbons (Fsp3) is 0.476. The van der Waals surface area contributed by atoms with Crippen LogP contribution in [0.2, 0.25) is 0 Å². The number of aromatic nitrogens is 1. The van der Waals surface area contributed by atoms with Crippen LogP contribution in [0.5, 0.6) is 0 Å². The Morgan fingerprint density at radius 3 is 2.71 bits per heavy atom. The highest BCUT2D eigenvalue weighted by molar-refractivity contribution is 5.21. The molecule has 0 amide bonds. The lowest BCUT2D eigenvalue weighted by Crippen LogP contribution is -2.41.